The van der Waals surface area contributed by atoms with Crippen molar-refractivity contribution in [2.24, 2.45) is 0 Å². The van der Waals surface area contributed by atoms with Gasteiger partial charge in [0.05, 0.1) is 22.1 Å². The third-order valence-electron chi connectivity index (χ3n) is 3.54. The summed E-state index contributed by atoms with van der Waals surface area (Å²) >= 11 is 5.91. The van der Waals surface area contributed by atoms with Crippen LogP contribution in [0.4, 0.5) is 11.4 Å². The molecule has 0 fully saturated rings. The van der Waals surface area contributed by atoms with E-state index >= 15 is 0 Å². The van der Waals surface area contributed by atoms with Gasteiger partial charge < -0.3 is 15.7 Å². The SMILES string of the molecule is CCCCCCNC(CC(=O)Nc1cc([N+](=O)[O-])ccc1Cl)C(=O)O. The van der Waals surface area contributed by atoms with E-state index in [1.807, 2.05) is 0 Å². The molecule has 0 spiro atoms. The van der Waals surface area contributed by atoms with Crippen molar-refractivity contribution < 1.29 is 19.6 Å². The first-order valence-electron chi connectivity index (χ1n) is 8.05. The van der Waals surface area contributed by atoms with Crippen LogP contribution in [-0.2, 0) is 9.59 Å². The molecule has 25 heavy (non-hydrogen) atoms. The highest BCUT2D eigenvalue weighted by molar-refractivity contribution is 6.33. The zero-order valence-electron chi connectivity index (χ0n) is 14.0. The number of unbranched alkanes of at least 4 members (excludes halogenated alkanes) is 3. The molecule has 1 aromatic carbocycles. The molecule has 9 heteroatoms. The van der Waals surface area contributed by atoms with Crippen LogP contribution >= 0.6 is 11.6 Å². The predicted molar refractivity (Wildman–Crippen MR) is 94.9 cm³/mol. The van der Waals surface area contributed by atoms with Gasteiger partial charge in [-0.1, -0.05) is 37.8 Å². The molecule has 138 valence electrons. The number of anilines is 1. The molecule has 0 saturated carbocycles. The molecule has 0 bridgehead atoms. The van der Waals surface area contributed by atoms with Crippen molar-refractivity contribution in [3.05, 3.63) is 33.3 Å². The number of nitrogens with one attached hydrogen (secondary N) is 2. The molecular weight excluding hydrogens is 350 g/mol. The molecule has 1 aromatic rings. The van der Waals surface area contributed by atoms with Crippen LogP contribution < -0.4 is 10.6 Å². The lowest BCUT2D eigenvalue weighted by atomic mass is 10.1. The summed E-state index contributed by atoms with van der Waals surface area (Å²) in [4.78, 5) is 33.5. The van der Waals surface area contributed by atoms with E-state index in [0.717, 1.165) is 31.7 Å². The van der Waals surface area contributed by atoms with Crippen molar-refractivity contribution >= 4 is 34.9 Å². The summed E-state index contributed by atoms with van der Waals surface area (Å²) in [5, 5.41) is 25.4. The van der Waals surface area contributed by atoms with E-state index in [-0.39, 0.29) is 22.8 Å². The number of halogens is 1. The smallest absolute Gasteiger partial charge is 0.321 e. The first-order chi connectivity index (χ1) is 11.8. The van der Waals surface area contributed by atoms with Gasteiger partial charge in [0.2, 0.25) is 5.91 Å². The number of amides is 1. The molecular formula is C16H22ClN3O5. The van der Waals surface area contributed by atoms with Crippen molar-refractivity contribution in [1.29, 1.82) is 0 Å². The number of carboxylic acid groups (broad SMARTS) is 1. The number of non-ortho nitro benzene ring substituents is 1. The Kier molecular flexibility index (Phi) is 8.87. The third-order valence-corrected chi connectivity index (χ3v) is 3.87. The molecule has 1 amide bonds. The average Bonchev–Trinajstić information content (AvgIpc) is 2.55. The highest BCUT2D eigenvalue weighted by Gasteiger charge is 2.21. The number of benzene rings is 1. The summed E-state index contributed by atoms with van der Waals surface area (Å²) in [5.41, 5.74) is -0.142. The highest BCUT2D eigenvalue weighted by Crippen LogP contribution is 2.26. The largest absolute Gasteiger partial charge is 0.480 e. The maximum absolute atomic E-state index is 12.1. The van der Waals surface area contributed by atoms with E-state index in [1.165, 1.54) is 12.1 Å². The van der Waals surface area contributed by atoms with E-state index in [4.69, 9.17) is 11.6 Å². The summed E-state index contributed by atoms with van der Waals surface area (Å²) in [6.07, 6.45) is 3.67. The standard InChI is InChI=1S/C16H22ClN3O5/c1-2-3-4-5-8-18-14(16(22)23)10-15(21)19-13-9-11(20(24)25)6-7-12(13)17/h6-7,9,14,18H,2-5,8,10H2,1H3,(H,19,21)(H,22,23). The van der Waals surface area contributed by atoms with Crippen LogP contribution in [-0.4, -0.2) is 34.5 Å². The number of hydrogen-bond acceptors (Lipinski definition) is 5. The molecule has 3 N–H and O–H groups in total. The molecule has 8 nitrogen and oxygen atoms in total. The summed E-state index contributed by atoms with van der Waals surface area (Å²) < 4.78 is 0. The molecule has 0 heterocycles. The second kappa shape index (κ2) is 10.6. The second-order valence-corrected chi connectivity index (χ2v) is 5.99. The molecule has 0 saturated heterocycles. The molecule has 1 unspecified atom stereocenters. The summed E-state index contributed by atoms with van der Waals surface area (Å²) in [6.45, 7) is 2.58. The van der Waals surface area contributed by atoms with Crippen LogP contribution in [0.3, 0.4) is 0 Å². The van der Waals surface area contributed by atoms with Crippen LogP contribution in [0.5, 0.6) is 0 Å². The molecule has 1 rings (SSSR count). The number of rotatable bonds is 11. The van der Waals surface area contributed by atoms with Crippen LogP contribution in [0.1, 0.15) is 39.0 Å². The lowest BCUT2D eigenvalue weighted by Gasteiger charge is -2.14. The van der Waals surface area contributed by atoms with Gasteiger partial charge in [-0.15, -0.1) is 0 Å². The minimum Gasteiger partial charge on any atom is -0.480 e. The van der Waals surface area contributed by atoms with E-state index < -0.39 is 22.8 Å². The first-order valence-corrected chi connectivity index (χ1v) is 8.43. The number of nitro groups is 1. The molecule has 0 aliphatic rings. The second-order valence-electron chi connectivity index (χ2n) is 5.58. The maximum atomic E-state index is 12.1. The van der Waals surface area contributed by atoms with E-state index in [9.17, 15) is 24.8 Å². The number of carbonyl (C=O) groups is 2. The number of hydrogen-bond donors (Lipinski definition) is 3. The van der Waals surface area contributed by atoms with Crippen molar-refractivity contribution in [2.45, 2.75) is 45.1 Å². The quantitative estimate of drug-likeness (QED) is 0.312. The lowest BCUT2D eigenvalue weighted by molar-refractivity contribution is -0.384. The van der Waals surface area contributed by atoms with Gasteiger partial charge in [0.1, 0.15) is 6.04 Å². The Labute approximate surface area is 150 Å². The third kappa shape index (κ3) is 7.49. The number of carbonyl (C=O) groups excluding carboxylic acids is 1. The average molecular weight is 372 g/mol. The zero-order chi connectivity index (χ0) is 18.8. The number of carboxylic acids is 1. The van der Waals surface area contributed by atoms with Crippen molar-refractivity contribution in [2.75, 3.05) is 11.9 Å². The Morgan fingerprint density at radius 2 is 2.04 bits per heavy atom. The summed E-state index contributed by atoms with van der Waals surface area (Å²) in [6, 6.07) is 2.62. The minimum atomic E-state index is -1.13. The molecule has 0 aromatic heterocycles. The van der Waals surface area contributed by atoms with E-state index in [2.05, 4.69) is 17.6 Å². The van der Waals surface area contributed by atoms with Gasteiger partial charge in [-0.3, -0.25) is 19.7 Å². The van der Waals surface area contributed by atoms with Crippen LogP contribution in [0.15, 0.2) is 18.2 Å². The molecule has 0 aliphatic carbocycles. The van der Waals surface area contributed by atoms with Gasteiger partial charge in [-0.25, -0.2) is 0 Å². The van der Waals surface area contributed by atoms with Gasteiger partial charge in [-0.2, -0.15) is 0 Å². The topological polar surface area (TPSA) is 122 Å². The number of nitro benzene ring substituents is 1. The van der Waals surface area contributed by atoms with Gasteiger partial charge in [0.15, 0.2) is 0 Å². The Hall–Kier alpha value is -2.19. The van der Waals surface area contributed by atoms with Gasteiger partial charge in [0, 0.05) is 12.1 Å². The fourth-order valence-electron chi connectivity index (χ4n) is 2.18. The first kappa shape index (κ1) is 20.9. The number of nitrogens with zero attached hydrogens (tertiary/aromatic N) is 1. The van der Waals surface area contributed by atoms with Gasteiger partial charge >= 0.3 is 5.97 Å². The maximum Gasteiger partial charge on any atom is 0.321 e. The Balaban J connectivity index is 2.61. The predicted octanol–water partition coefficient (Wildman–Crippen LogP) is 3.20. The van der Waals surface area contributed by atoms with Crippen molar-refractivity contribution in [1.82, 2.24) is 5.32 Å². The van der Waals surface area contributed by atoms with Crippen LogP contribution in [0.25, 0.3) is 0 Å². The molecule has 0 aliphatic heterocycles. The normalized spacial score (nSPS) is 11.8. The van der Waals surface area contributed by atoms with Gasteiger partial charge in [-0.05, 0) is 19.0 Å². The molecule has 1 atom stereocenters. The Bertz CT molecular complexity index is 624. The fourth-order valence-corrected chi connectivity index (χ4v) is 2.35. The van der Waals surface area contributed by atoms with E-state index in [0.29, 0.717) is 6.54 Å². The zero-order valence-corrected chi connectivity index (χ0v) is 14.7. The monoisotopic (exact) mass is 371 g/mol. The van der Waals surface area contributed by atoms with Crippen LogP contribution in [0, 0.1) is 10.1 Å². The Morgan fingerprint density at radius 1 is 1.32 bits per heavy atom. The van der Waals surface area contributed by atoms with Gasteiger partial charge in [0.25, 0.3) is 5.69 Å². The van der Waals surface area contributed by atoms with E-state index in [1.54, 1.807) is 0 Å². The summed E-state index contributed by atoms with van der Waals surface area (Å²) in [7, 11) is 0. The van der Waals surface area contributed by atoms with Crippen molar-refractivity contribution in [3.8, 4) is 0 Å². The minimum absolute atomic E-state index is 0.0768. The van der Waals surface area contributed by atoms with Crippen LogP contribution in [0.2, 0.25) is 5.02 Å². The van der Waals surface area contributed by atoms with Crippen molar-refractivity contribution in [3.63, 3.8) is 0 Å². The fraction of sp³-hybridized carbons (Fsp3) is 0.500. The summed E-state index contributed by atoms with van der Waals surface area (Å²) in [5.74, 6) is -1.72. The Morgan fingerprint density at radius 3 is 2.64 bits per heavy atom. The lowest BCUT2D eigenvalue weighted by Crippen LogP contribution is -2.40. The highest BCUT2D eigenvalue weighted by atomic mass is 35.5. The number of aliphatic carboxylic acids is 1. The molecule has 0 radical (unpaired) electrons.